The second kappa shape index (κ2) is 52.9. The highest BCUT2D eigenvalue weighted by Crippen LogP contribution is 2.62. The molecule has 110 heavy (non-hydrogen) atoms. The van der Waals surface area contributed by atoms with E-state index in [-0.39, 0.29) is 0 Å². The van der Waals surface area contributed by atoms with Crippen LogP contribution in [0.4, 0.5) is 0 Å². The molecule has 14 fully saturated rings. The van der Waals surface area contributed by atoms with Crippen LogP contribution in [0.2, 0.25) is 0 Å². The van der Waals surface area contributed by atoms with Gasteiger partial charge in [0.1, 0.15) is 0 Å². The third kappa shape index (κ3) is 47.1. The zero-order chi connectivity index (χ0) is 81.8. The summed E-state index contributed by atoms with van der Waals surface area (Å²) in [6.45, 7) is 66.6. The summed E-state index contributed by atoms with van der Waals surface area (Å²) in [5.41, 5.74) is 3.11. The molecule has 14 aliphatic carbocycles. The van der Waals surface area contributed by atoms with Crippen LogP contribution in [0, 0.1) is 169 Å². The van der Waals surface area contributed by atoms with E-state index >= 15 is 0 Å². The van der Waals surface area contributed by atoms with E-state index in [9.17, 15) is 0 Å². The third-order valence-corrected chi connectivity index (χ3v) is 30.2. The molecule has 0 aromatic rings. The summed E-state index contributed by atoms with van der Waals surface area (Å²) in [6.07, 6.45) is 79.7. The zero-order valence-corrected chi connectivity index (χ0v) is 81.8. The minimum Gasteiger partial charge on any atom is -0.0628 e. The Morgan fingerprint density at radius 3 is 0.800 bits per heavy atom. The summed E-state index contributed by atoms with van der Waals surface area (Å²) in [7, 11) is 0. The molecule has 0 saturated heterocycles. The first-order valence-corrected chi connectivity index (χ1v) is 51.6. The minimum absolute atomic E-state index is 0.562. The Kier molecular flexibility index (Phi) is 49.2. The molecular weight excluding hydrogens is 1320 g/mol. The molecule has 0 aromatic carbocycles. The average Bonchev–Trinajstić information content (AvgIpc) is 1.08. The Balaban J connectivity index is 0.000000260. The van der Waals surface area contributed by atoms with Gasteiger partial charge in [-0.1, -0.05) is 374 Å². The van der Waals surface area contributed by atoms with Gasteiger partial charge in [0, 0.05) is 0 Å². The van der Waals surface area contributed by atoms with Crippen molar-refractivity contribution in [3.8, 4) is 0 Å². The van der Waals surface area contributed by atoms with Gasteiger partial charge >= 0.3 is 0 Å². The lowest BCUT2D eigenvalue weighted by Crippen LogP contribution is -2.46. The van der Waals surface area contributed by atoms with Crippen LogP contribution >= 0.6 is 0 Å². The molecule has 14 rings (SSSR count). The van der Waals surface area contributed by atoms with E-state index in [4.69, 9.17) is 0 Å². The minimum atomic E-state index is 0.562. The van der Waals surface area contributed by atoms with Gasteiger partial charge in [-0.05, 0) is 330 Å². The van der Waals surface area contributed by atoms with Crippen LogP contribution in [-0.2, 0) is 0 Å². The van der Waals surface area contributed by atoms with Crippen molar-refractivity contribution < 1.29 is 0 Å². The molecule has 4 atom stereocenters. The second-order valence-electron chi connectivity index (χ2n) is 50.4. The van der Waals surface area contributed by atoms with Crippen molar-refractivity contribution in [2.75, 3.05) is 0 Å². The molecule has 0 spiro atoms. The van der Waals surface area contributed by atoms with Gasteiger partial charge < -0.3 is 0 Å². The molecule has 6 bridgehead atoms. The fraction of sp³-hybridized carbons (Fsp3) is 1.00. The first-order valence-electron chi connectivity index (χ1n) is 51.6. The van der Waals surface area contributed by atoms with Crippen LogP contribution < -0.4 is 0 Å². The summed E-state index contributed by atoms with van der Waals surface area (Å²) in [6, 6.07) is 0. The van der Waals surface area contributed by atoms with Crippen molar-refractivity contribution in [2.24, 2.45) is 169 Å². The number of fused-ring (bicyclic) bond motifs is 2. The van der Waals surface area contributed by atoms with Crippen LogP contribution in [0.15, 0.2) is 0 Å². The van der Waals surface area contributed by atoms with E-state index in [2.05, 4.69) is 194 Å². The smallest absolute Gasteiger partial charge is 0.0287 e. The van der Waals surface area contributed by atoms with Crippen molar-refractivity contribution in [2.45, 2.75) is 534 Å². The molecule has 0 aromatic heterocycles. The SMILES string of the molecule is CC(C)CC12CC3CC(CC(C3)C1)C2.CC(C)CC1CC(C)(C)CC(C)(C)C1.CC(C)CC1CC1.CC(C)CC1CC2CCC1C2.CC(C)CC1CCC(C)(C)CC1(C)C.CC(C)CC1CCC1.CC(C)CC1CCCC1.CC(C)CC1CCCCC1.CC(C)CC1CCCCCC1.CC(C)CC1CCCCCCC1. The Bertz CT molecular complexity index is 2120. The Morgan fingerprint density at radius 2 is 0.527 bits per heavy atom. The monoisotopic (exact) mass is 1540 g/mol. The predicted octanol–water partition coefficient (Wildman–Crippen LogP) is 38.0. The fourth-order valence-electron chi connectivity index (χ4n) is 27.1. The number of rotatable bonds is 20. The van der Waals surface area contributed by atoms with E-state index in [0.717, 1.165) is 147 Å². The van der Waals surface area contributed by atoms with Crippen LogP contribution in [0.3, 0.4) is 0 Å². The van der Waals surface area contributed by atoms with Crippen molar-refractivity contribution in [1.82, 2.24) is 0 Å². The van der Waals surface area contributed by atoms with E-state index in [1.807, 2.05) is 0 Å². The molecule has 0 amide bonds. The maximum absolute atomic E-state index is 2.47. The van der Waals surface area contributed by atoms with Crippen LogP contribution in [0.5, 0.6) is 0 Å². The highest BCUT2D eigenvalue weighted by molar-refractivity contribution is 5.02. The fourth-order valence-corrected chi connectivity index (χ4v) is 27.1. The molecule has 0 aliphatic heterocycles. The standard InChI is InChI=1S/C14H24.2C14H28.C12H24.C11H20.C11H22.C10H20.C9H18.C8H16.C7H14/c1-10(2)6-14-7-11-3-12(8-14)5-13(4-11)9-14;1-11(2)7-12-8-13(3,4)10-14(5,6)9-12;1-11(2)9-12-7-8-13(3,4)10-14(12,5)6;1-11(2)10-12-8-6-4-3-5-7-9-12;1-8(2)5-11-7-9-3-4-10(11)6-9;1-10(2)9-11-7-5-3-4-6-8-11;1-9(2)8-10-6-4-3-5-7-10;1-8(2)7-9-5-3-4-6-9;1-7(2)6-8-4-3-5-8;1-6(2)5-7-3-4-7/h10-13H,3-9H2,1-2H3;2*11-12H,7-10H2,1-6H3;11-12H,3-10H2,1-2H3;8-11H,3-7H2,1-2H3;10-11H,3-9H2,1-2H3;9-10H,3-8H2,1-2H3;8-9H,3-7H2,1-2H3;7-8H,3-6H2,1-2H3;6-7H,3-5H2,1-2H3. The van der Waals surface area contributed by atoms with Crippen molar-refractivity contribution in [3.63, 3.8) is 0 Å². The van der Waals surface area contributed by atoms with Gasteiger partial charge in [-0.25, -0.2) is 0 Å². The van der Waals surface area contributed by atoms with Gasteiger partial charge in [0.15, 0.2) is 0 Å². The number of hydrogen-bond donors (Lipinski definition) is 0. The molecule has 0 nitrogen and oxygen atoms in total. The van der Waals surface area contributed by atoms with E-state index in [1.165, 1.54) is 276 Å². The van der Waals surface area contributed by atoms with E-state index in [1.54, 1.807) is 64.2 Å². The highest BCUT2D eigenvalue weighted by atomic mass is 14.6. The third-order valence-electron chi connectivity index (χ3n) is 30.2. The molecule has 0 radical (unpaired) electrons. The highest BCUT2D eigenvalue weighted by Gasteiger charge is 2.51. The van der Waals surface area contributed by atoms with Crippen LogP contribution in [0.25, 0.3) is 0 Å². The van der Waals surface area contributed by atoms with Crippen molar-refractivity contribution >= 4 is 0 Å². The van der Waals surface area contributed by atoms with Gasteiger partial charge in [0.25, 0.3) is 0 Å². The van der Waals surface area contributed by atoms with Crippen molar-refractivity contribution in [1.29, 1.82) is 0 Å². The van der Waals surface area contributed by atoms with Gasteiger partial charge in [0.05, 0.1) is 0 Å². The Morgan fingerprint density at radius 1 is 0.227 bits per heavy atom. The maximum atomic E-state index is 2.47. The molecule has 14 saturated carbocycles. The number of hydrogen-bond acceptors (Lipinski definition) is 0. The average molecular weight is 1540 g/mol. The molecule has 0 heteroatoms. The Hall–Kier alpha value is 0. The molecular formula is C110H214. The first-order chi connectivity index (χ1) is 51.6. The summed E-state index contributed by atoms with van der Waals surface area (Å²) in [5.74, 6) is 24.4. The van der Waals surface area contributed by atoms with Gasteiger partial charge in [-0.15, -0.1) is 0 Å². The molecule has 4 unspecified atom stereocenters. The predicted molar refractivity (Wildman–Crippen MR) is 499 cm³/mol. The van der Waals surface area contributed by atoms with Gasteiger partial charge in [-0.2, -0.15) is 0 Å². The lowest BCUT2D eigenvalue weighted by Gasteiger charge is -2.57. The summed E-state index contributed by atoms with van der Waals surface area (Å²) < 4.78 is 0. The summed E-state index contributed by atoms with van der Waals surface area (Å²) >= 11 is 0. The molecule has 0 heterocycles. The quantitative estimate of drug-likeness (QED) is 0.107. The van der Waals surface area contributed by atoms with E-state index in [0.29, 0.717) is 21.7 Å². The van der Waals surface area contributed by atoms with Crippen LogP contribution in [0.1, 0.15) is 534 Å². The Labute approximate surface area is 698 Å². The lowest BCUT2D eigenvalue weighted by molar-refractivity contribution is -0.0632. The normalized spacial score (nSPS) is 29.2. The first kappa shape index (κ1) is 102. The van der Waals surface area contributed by atoms with Gasteiger partial charge in [0.2, 0.25) is 0 Å². The van der Waals surface area contributed by atoms with Crippen molar-refractivity contribution in [3.05, 3.63) is 0 Å². The second-order valence-corrected chi connectivity index (χ2v) is 50.4. The topological polar surface area (TPSA) is 0 Å². The molecule has 654 valence electrons. The summed E-state index contributed by atoms with van der Waals surface area (Å²) in [5, 5.41) is 0. The largest absolute Gasteiger partial charge is 0.0628 e. The van der Waals surface area contributed by atoms with Gasteiger partial charge in [-0.3, -0.25) is 0 Å². The molecule has 14 aliphatic rings. The van der Waals surface area contributed by atoms with E-state index < -0.39 is 0 Å². The molecule has 0 N–H and O–H groups in total. The zero-order valence-electron chi connectivity index (χ0n) is 81.8. The summed E-state index contributed by atoms with van der Waals surface area (Å²) in [4.78, 5) is 0. The van der Waals surface area contributed by atoms with Crippen LogP contribution in [-0.4, -0.2) is 0 Å². The lowest BCUT2D eigenvalue weighted by atomic mass is 9.48. The maximum Gasteiger partial charge on any atom is -0.0287 e.